The summed E-state index contributed by atoms with van der Waals surface area (Å²) in [5.74, 6) is 1.04. The Kier molecular flexibility index (Phi) is 2.76. The van der Waals surface area contributed by atoms with Crippen LogP contribution in [0.15, 0.2) is 27.6 Å². The molecule has 0 fully saturated rings. The highest BCUT2D eigenvalue weighted by Gasteiger charge is 2.22. The van der Waals surface area contributed by atoms with Gasteiger partial charge >= 0.3 is 0 Å². The molecule has 0 bridgehead atoms. The van der Waals surface area contributed by atoms with Crippen molar-refractivity contribution in [3.05, 3.63) is 39.0 Å². The minimum Gasteiger partial charge on any atom is -0.332 e. The number of hydrogen-bond donors (Lipinski definition) is 0. The molecular formula is C11H10BrN3OS. The smallest absolute Gasteiger partial charge is 0.255 e. The standard InChI is InChI=1S/C11H10BrN3OS/c12-9-5-8(7-17-9)11(16)15-4-3-14-2-1-13-10(14)6-15/h1-2,5,7H,3-4,6H2. The van der Waals surface area contributed by atoms with Gasteiger partial charge in [0, 0.05) is 30.9 Å². The van der Waals surface area contributed by atoms with E-state index in [4.69, 9.17) is 0 Å². The number of carbonyl (C=O) groups is 1. The predicted octanol–water partition coefficient (Wildman–Crippen LogP) is 2.36. The van der Waals surface area contributed by atoms with E-state index in [2.05, 4.69) is 25.5 Å². The number of amides is 1. The molecule has 0 saturated carbocycles. The van der Waals surface area contributed by atoms with E-state index in [1.807, 2.05) is 22.5 Å². The average Bonchev–Trinajstić information content (AvgIpc) is 2.95. The number of rotatable bonds is 1. The van der Waals surface area contributed by atoms with Crippen molar-refractivity contribution < 1.29 is 4.79 Å². The topological polar surface area (TPSA) is 38.1 Å². The number of fused-ring (bicyclic) bond motifs is 1. The summed E-state index contributed by atoms with van der Waals surface area (Å²) in [7, 11) is 0. The van der Waals surface area contributed by atoms with Crippen molar-refractivity contribution in [2.45, 2.75) is 13.1 Å². The molecule has 0 aromatic carbocycles. The molecule has 0 aliphatic carbocycles. The maximum atomic E-state index is 12.2. The van der Waals surface area contributed by atoms with Crippen LogP contribution in [0.25, 0.3) is 0 Å². The van der Waals surface area contributed by atoms with Crippen molar-refractivity contribution in [1.29, 1.82) is 0 Å². The van der Waals surface area contributed by atoms with Crippen LogP contribution in [-0.2, 0) is 13.1 Å². The van der Waals surface area contributed by atoms with Gasteiger partial charge in [0.2, 0.25) is 0 Å². The van der Waals surface area contributed by atoms with Crippen molar-refractivity contribution in [2.75, 3.05) is 6.54 Å². The number of carbonyl (C=O) groups excluding carboxylic acids is 1. The van der Waals surface area contributed by atoms with E-state index in [0.29, 0.717) is 6.54 Å². The van der Waals surface area contributed by atoms with Gasteiger partial charge < -0.3 is 9.47 Å². The predicted molar refractivity (Wildman–Crippen MR) is 69.0 cm³/mol. The van der Waals surface area contributed by atoms with Crippen LogP contribution in [0.3, 0.4) is 0 Å². The molecule has 0 unspecified atom stereocenters. The zero-order valence-electron chi connectivity index (χ0n) is 8.97. The lowest BCUT2D eigenvalue weighted by molar-refractivity contribution is 0.0708. The first-order chi connectivity index (χ1) is 8.24. The van der Waals surface area contributed by atoms with Crippen molar-refractivity contribution in [3.63, 3.8) is 0 Å². The number of aromatic nitrogens is 2. The molecule has 0 N–H and O–H groups in total. The van der Waals surface area contributed by atoms with Crippen LogP contribution in [-0.4, -0.2) is 26.9 Å². The molecule has 3 rings (SSSR count). The minimum atomic E-state index is 0.0844. The fourth-order valence-corrected chi connectivity index (χ4v) is 3.08. The Labute approximate surface area is 111 Å². The molecule has 4 nitrogen and oxygen atoms in total. The normalized spacial score (nSPS) is 14.8. The van der Waals surface area contributed by atoms with Crippen molar-refractivity contribution in [3.8, 4) is 0 Å². The maximum absolute atomic E-state index is 12.2. The van der Waals surface area contributed by atoms with E-state index < -0.39 is 0 Å². The quantitative estimate of drug-likeness (QED) is 0.811. The first-order valence-corrected chi connectivity index (χ1v) is 6.94. The lowest BCUT2D eigenvalue weighted by Crippen LogP contribution is -2.38. The second kappa shape index (κ2) is 4.27. The third kappa shape index (κ3) is 2.02. The minimum absolute atomic E-state index is 0.0844. The Hall–Kier alpha value is -1.14. The molecule has 0 radical (unpaired) electrons. The van der Waals surface area contributed by atoms with E-state index in [1.165, 1.54) is 11.3 Å². The summed E-state index contributed by atoms with van der Waals surface area (Å²) in [5, 5.41) is 1.88. The molecule has 6 heteroatoms. The van der Waals surface area contributed by atoms with E-state index in [9.17, 15) is 4.79 Å². The molecular weight excluding hydrogens is 302 g/mol. The van der Waals surface area contributed by atoms with Crippen LogP contribution in [0.4, 0.5) is 0 Å². The molecule has 0 atom stereocenters. The molecule has 3 heterocycles. The summed E-state index contributed by atoms with van der Waals surface area (Å²) in [5.41, 5.74) is 0.752. The summed E-state index contributed by atoms with van der Waals surface area (Å²) < 4.78 is 3.08. The lowest BCUT2D eigenvalue weighted by atomic mass is 10.2. The van der Waals surface area contributed by atoms with Gasteiger partial charge in [-0.2, -0.15) is 0 Å². The fourth-order valence-electron chi connectivity index (χ4n) is 1.95. The zero-order valence-corrected chi connectivity index (χ0v) is 11.4. The lowest BCUT2D eigenvalue weighted by Gasteiger charge is -2.27. The summed E-state index contributed by atoms with van der Waals surface area (Å²) in [6.07, 6.45) is 3.74. The number of imidazole rings is 1. The van der Waals surface area contributed by atoms with Gasteiger partial charge in [0.25, 0.3) is 5.91 Å². The van der Waals surface area contributed by atoms with E-state index in [0.717, 1.165) is 28.3 Å². The molecule has 1 aliphatic heterocycles. The number of nitrogens with zero attached hydrogens (tertiary/aromatic N) is 3. The first kappa shape index (κ1) is 11.0. The second-order valence-electron chi connectivity index (χ2n) is 3.90. The molecule has 1 amide bonds. The van der Waals surface area contributed by atoms with Crippen LogP contribution < -0.4 is 0 Å². The third-order valence-corrected chi connectivity index (χ3v) is 4.35. The summed E-state index contributed by atoms with van der Waals surface area (Å²) in [6, 6.07) is 1.87. The molecule has 88 valence electrons. The summed E-state index contributed by atoms with van der Waals surface area (Å²) >= 11 is 4.91. The van der Waals surface area contributed by atoms with Crippen LogP contribution in [0.2, 0.25) is 0 Å². The van der Waals surface area contributed by atoms with Crippen molar-refractivity contribution in [1.82, 2.24) is 14.5 Å². The Bertz CT molecular complexity index is 563. The first-order valence-electron chi connectivity index (χ1n) is 5.27. The SMILES string of the molecule is O=C(c1csc(Br)c1)N1CCn2ccnc2C1. The molecule has 17 heavy (non-hydrogen) atoms. The van der Waals surface area contributed by atoms with Crippen LogP contribution >= 0.6 is 27.3 Å². The molecule has 0 spiro atoms. The maximum Gasteiger partial charge on any atom is 0.255 e. The molecule has 2 aromatic rings. The van der Waals surface area contributed by atoms with Gasteiger partial charge in [0.15, 0.2) is 0 Å². The van der Waals surface area contributed by atoms with E-state index in [1.54, 1.807) is 6.20 Å². The van der Waals surface area contributed by atoms with Gasteiger partial charge in [-0.15, -0.1) is 11.3 Å². The number of thiophene rings is 1. The second-order valence-corrected chi connectivity index (χ2v) is 6.19. The highest BCUT2D eigenvalue weighted by Crippen LogP contribution is 2.23. The Morgan fingerprint density at radius 2 is 2.35 bits per heavy atom. The summed E-state index contributed by atoms with van der Waals surface area (Å²) in [6.45, 7) is 2.17. The highest BCUT2D eigenvalue weighted by atomic mass is 79.9. The fraction of sp³-hybridized carbons (Fsp3) is 0.273. The van der Waals surface area contributed by atoms with E-state index >= 15 is 0 Å². The van der Waals surface area contributed by atoms with Crippen LogP contribution in [0, 0.1) is 0 Å². The Morgan fingerprint density at radius 1 is 1.47 bits per heavy atom. The Morgan fingerprint density at radius 3 is 3.12 bits per heavy atom. The average molecular weight is 312 g/mol. The molecule has 0 saturated heterocycles. The summed E-state index contributed by atoms with van der Waals surface area (Å²) in [4.78, 5) is 18.3. The van der Waals surface area contributed by atoms with Gasteiger partial charge in [-0.05, 0) is 22.0 Å². The zero-order chi connectivity index (χ0) is 11.8. The molecule has 1 aliphatic rings. The Balaban J connectivity index is 1.81. The highest BCUT2D eigenvalue weighted by molar-refractivity contribution is 9.11. The van der Waals surface area contributed by atoms with Gasteiger partial charge in [-0.1, -0.05) is 0 Å². The largest absolute Gasteiger partial charge is 0.332 e. The van der Waals surface area contributed by atoms with E-state index in [-0.39, 0.29) is 5.91 Å². The van der Waals surface area contributed by atoms with Crippen LogP contribution in [0.5, 0.6) is 0 Å². The molecule has 2 aromatic heterocycles. The van der Waals surface area contributed by atoms with Crippen molar-refractivity contribution in [2.24, 2.45) is 0 Å². The van der Waals surface area contributed by atoms with Crippen molar-refractivity contribution >= 4 is 33.2 Å². The van der Waals surface area contributed by atoms with Gasteiger partial charge in [0.05, 0.1) is 15.9 Å². The van der Waals surface area contributed by atoms with Crippen LogP contribution in [0.1, 0.15) is 16.2 Å². The third-order valence-electron chi connectivity index (χ3n) is 2.85. The van der Waals surface area contributed by atoms with Gasteiger partial charge in [-0.3, -0.25) is 4.79 Å². The van der Waals surface area contributed by atoms with Gasteiger partial charge in [-0.25, -0.2) is 4.98 Å². The number of halogens is 1. The van der Waals surface area contributed by atoms with Gasteiger partial charge in [0.1, 0.15) is 5.82 Å². The number of hydrogen-bond acceptors (Lipinski definition) is 3. The monoisotopic (exact) mass is 311 g/mol.